The van der Waals surface area contributed by atoms with Crippen molar-refractivity contribution in [1.82, 2.24) is 9.97 Å². The molecule has 7 heteroatoms. The number of anilines is 5. The minimum absolute atomic E-state index is 0.112. The zero-order valence-electron chi connectivity index (χ0n) is 19.5. The monoisotopic (exact) mass is 470 g/mol. The molecule has 0 bridgehead atoms. The molecule has 0 fully saturated rings. The summed E-state index contributed by atoms with van der Waals surface area (Å²) in [6.07, 6.45) is 5.18. The number of rotatable bonds is 6. The minimum Gasteiger partial charge on any atom is -0.355 e. The number of aromatic nitrogens is 2. The molecule has 0 aliphatic carbocycles. The number of hydrogen-bond donors (Lipinski definition) is 2. The molecule has 0 radical (unpaired) electrons. The van der Waals surface area contributed by atoms with Gasteiger partial charge in [0.1, 0.15) is 0 Å². The second-order valence-electron chi connectivity index (χ2n) is 8.15. The van der Waals surface area contributed by atoms with Gasteiger partial charge in [-0.15, -0.1) is 0 Å². The highest BCUT2D eigenvalue weighted by Crippen LogP contribution is 2.30. The van der Waals surface area contributed by atoms with Crippen molar-refractivity contribution in [2.75, 3.05) is 22.6 Å². The molecule has 174 valence electrons. The van der Waals surface area contributed by atoms with Crippen LogP contribution in [0.2, 0.25) is 0 Å². The standard InChI is InChI=1S/C29H22N6O/c1-30-23-10-11-27-26(19-23)28(14-17-32-27)34-24-4-3-5-25(18-24)35(2)29(36)20-6-8-21(9-7-20)33-22-12-15-31-16-13-22/h3-19H,2H3,(H,31,33)(H,32,34). The molecular weight excluding hydrogens is 448 g/mol. The Bertz CT molecular complexity index is 1580. The Morgan fingerprint density at radius 2 is 1.61 bits per heavy atom. The summed E-state index contributed by atoms with van der Waals surface area (Å²) in [5.41, 5.74) is 6.18. The van der Waals surface area contributed by atoms with Crippen LogP contribution in [0.5, 0.6) is 0 Å². The average Bonchev–Trinajstić information content (AvgIpc) is 2.93. The lowest BCUT2D eigenvalue weighted by molar-refractivity contribution is 0.0993. The lowest BCUT2D eigenvalue weighted by Crippen LogP contribution is -2.26. The van der Waals surface area contributed by atoms with Crippen molar-refractivity contribution < 1.29 is 4.79 Å². The number of nitrogens with zero attached hydrogens (tertiary/aromatic N) is 4. The minimum atomic E-state index is -0.112. The van der Waals surface area contributed by atoms with Gasteiger partial charge in [0.25, 0.3) is 5.91 Å². The van der Waals surface area contributed by atoms with Crippen molar-refractivity contribution in [1.29, 1.82) is 0 Å². The Balaban J connectivity index is 1.33. The van der Waals surface area contributed by atoms with Crippen molar-refractivity contribution in [3.8, 4) is 0 Å². The van der Waals surface area contributed by atoms with Crippen molar-refractivity contribution in [2.45, 2.75) is 0 Å². The molecule has 1 amide bonds. The van der Waals surface area contributed by atoms with Gasteiger partial charge in [0.15, 0.2) is 5.69 Å². The molecule has 2 heterocycles. The Morgan fingerprint density at radius 1 is 0.833 bits per heavy atom. The Hall–Kier alpha value is -5.22. The number of carbonyl (C=O) groups excluding carboxylic acids is 1. The van der Waals surface area contributed by atoms with Crippen molar-refractivity contribution >= 4 is 50.9 Å². The highest BCUT2D eigenvalue weighted by molar-refractivity contribution is 6.06. The number of benzene rings is 3. The van der Waals surface area contributed by atoms with E-state index in [1.54, 1.807) is 36.6 Å². The van der Waals surface area contributed by atoms with Crippen molar-refractivity contribution in [2.24, 2.45) is 0 Å². The van der Waals surface area contributed by atoms with Gasteiger partial charge >= 0.3 is 0 Å². The number of nitrogens with one attached hydrogen (secondary N) is 2. The molecule has 0 saturated heterocycles. The van der Waals surface area contributed by atoms with Crippen LogP contribution in [0.15, 0.2) is 104 Å². The number of pyridine rings is 2. The molecule has 0 spiro atoms. The van der Waals surface area contributed by atoms with E-state index in [1.165, 1.54) is 0 Å². The van der Waals surface area contributed by atoms with Gasteiger partial charge in [-0.05, 0) is 72.8 Å². The maximum Gasteiger partial charge on any atom is 0.258 e. The summed E-state index contributed by atoms with van der Waals surface area (Å²) in [4.78, 5) is 26.7. The van der Waals surface area contributed by atoms with Gasteiger partial charge in [0.05, 0.1) is 12.1 Å². The zero-order chi connectivity index (χ0) is 24.9. The zero-order valence-corrected chi connectivity index (χ0v) is 19.5. The van der Waals surface area contributed by atoms with Gasteiger partial charge in [0, 0.05) is 65.0 Å². The summed E-state index contributed by atoms with van der Waals surface area (Å²) in [6, 6.07) is 26.1. The quantitative estimate of drug-likeness (QED) is 0.263. The Morgan fingerprint density at radius 3 is 2.39 bits per heavy atom. The largest absolute Gasteiger partial charge is 0.355 e. The van der Waals surface area contributed by atoms with Gasteiger partial charge in [-0.3, -0.25) is 14.8 Å². The first-order valence-electron chi connectivity index (χ1n) is 11.3. The third-order valence-electron chi connectivity index (χ3n) is 5.77. The fraction of sp³-hybridized carbons (Fsp3) is 0.0345. The normalized spacial score (nSPS) is 10.4. The summed E-state index contributed by atoms with van der Waals surface area (Å²) in [5.74, 6) is -0.112. The molecule has 0 unspecified atom stereocenters. The van der Waals surface area contributed by atoms with Crippen molar-refractivity contribution in [3.05, 3.63) is 121 Å². The molecule has 0 saturated carbocycles. The van der Waals surface area contributed by atoms with Gasteiger partial charge < -0.3 is 15.5 Å². The van der Waals surface area contributed by atoms with Crippen LogP contribution in [-0.2, 0) is 0 Å². The summed E-state index contributed by atoms with van der Waals surface area (Å²) in [5, 5.41) is 7.56. The van der Waals surface area contributed by atoms with Crippen LogP contribution in [0.25, 0.3) is 15.7 Å². The van der Waals surface area contributed by atoms with E-state index in [0.717, 1.165) is 39.3 Å². The van der Waals surface area contributed by atoms with E-state index in [-0.39, 0.29) is 5.91 Å². The van der Waals surface area contributed by atoms with Crippen LogP contribution >= 0.6 is 0 Å². The summed E-state index contributed by atoms with van der Waals surface area (Å²) < 4.78 is 0. The molecule has 0 aliphatic rings. The van der Waals surface area contributed by atoms with Crippen LogP contribution in [0.1, 0.15) is 10.4 Å². The topological polar surface area (TPSA) is 74.5 Å². The van der Waals surface area contributed by atoms with E-state index in [1.807, 2.05) is 78.9 Å². The number of hydrogen-bond acceptors (Lipinski definition) is 5. The third-order valence-corrected chi connectivity index (χ3v) is 5.77. The molecule has 0 aliphatic heterocycles. The average molecular weight is 471 g/mol. The smallest absolute Gasteiger partial charge is 0.258 e. The maximum atomic E-state index is 13.2. The first-order chi connectivity index (χ1) is 17.6. The molecule has 5 aromatic rings. The van der Waals surface area contributed by atoms with Crippen LogP contribution < -0.4 is 15.5 Å². The number of carbonyl (C=O) groups is 1. The van der Waals surface area contributed by atoms with E-state index in [0.29, 0.717) is 11.3 Å². The second-order valence-corrected chi connectivity index (χ2v) is 8.15. The van der Waals surface area contributed by atoms with Gasteiger partial charge in [0.2, 0.25) is 0 Å². The summed E-state index contributed by atoms with van der Waals surface area (Å²) in [7, 11) is 1.76. The third kappa shape index (κ3) is 4.83. The van der Waals surface area contributed by atoms with E-state index < -0.39 is 0 Å². The Labute approximate surface area is 208 Å². The second kappa shape index (κ2) is 9.95. The molecule has 0 atom stereocenters. The van der Waals surface area contributed by atoms with E-state index in [4.69, 9.17) is 6.57 Å². The van der Waals surface area contributed by atoms with Crippen LogP contribution in [0, 0.1) is 6.57 Å². The first-order valence-corrected chi connectivity index (χ1v) is 11.3. The lowest BCUT2D eigenvalue weighted by Gasteiger charge is -2.19. The molecule has 5 rings (SSSR count). The Kier molecular flexibility index (Phi) is 6.24. The van der Waals surface area contributed by atoms with E-state index in [2.05, 4.69) is 25.4 Å². The first kappa shape index (κ1) is 22.6. The molecule has 2 aromatic heterocycles. The van der Waals surface area contributed by atoms with Gasteiger partial charge in [-0.1, -0.05) is 12.1 Å². The van der Waals surface area contributed by atoms with Gasteiger partial charge in [-0.25, -0.2) is 4.85 Å². The number of fused-ring (bicyclic) bond motifs is 1. The predicted octanol–water partition coefficient (Wildman–Crippen LogP) is 6.94. The summed E-state index contributed by atoms with van der Waals surface area (Å²) >= 11 is 0. The highest BCUT2D eigenvalue weighted by Gasteiger charge is 2.14. The molecule has 36 heavy (non-hydrogen) atoms. The lowest BCUT2D eigenvalue weighted by atomic mass is 10.1. The molecule has 3 aromatic carbocycles. The summed E-state index contributed by atoms with van der Waals surface area (Å²) in [6.45, 7) is 7.30. The van der Waals surface area contributed by atoms with Crippen LogP contribution in [0.4, 0.5) is 34.1 Å². The highest BCUT2D eigenvalue weighted by atomic mass is 16.2. The van der Waals surface area contributed by atoms with Gasteiger partial charge in [-0.2, -0.15) is 0 Å². The number of amides is 1. The van der Waals surface area contributed by atoms with Crippen molar-refractivity contribution in [3.63, 3.8) is 0 Å². The fourth-order valence-electron chi connectivity index (χ4n) is 3.87. The molecule has 7 nitrogen and oxygen atoms in total. The molecule has 2 N–H and O–H groups in total. The van der Waals surface area contributed by atoms with E-state index >= 15 is 0 Å². The fourth-order valence-corrected chi connectivity index (χ4v) is 3.87. The molecular formula is C29H22N6O. The predicted molar refractivity (Wildman–Crippen MR) is 144 cm³/mol. The maximum absolute atomic E-state index is 13.2. The van der Waals surface area contributed by atoms with Crippen LogP contribution in [0.3, 0.4) is 0 Å². The SMILES string of the molecule is [C-]#[N+]c1ccc2nccc(Nc3cccc(N(C)C(=O)c4ccc(Nc5ccncc5)cc4)c3)c2c1. The van der Waals surface area contributed by atoms with E-state index in [9.17, 15) is 4.79 Å². The van der Waals surface area contributed by atoms with Crippen LogP contribution in [-0.4, -0.2) is 22.9 Å².